The topological polar surface area (TPSA) is 100 Å². The van der Waals surface area contributed by atoms with E-state index in [0.29, 0.717) is 16.2 Å². The van der Waals surface area contributed by atoms with E-state index in [2.05, 4.69) is 31.4 Å². The van der Waals surface area contributed by atoms with Gasteiger partial charge in [-0.25, -0.2) is 12.7 Å². The third kappa shape index (κ3) is 4.64. The fourth-order valence-corrected chi connectivity index (χ4v) is 3.98. The normalized spacial score (nSPS) is 11.6. The summed E-state index contributed by atoms with van der Waals surface area (Å²) in [5.74, 6) is 0.188. The number of nitrogens with zero attached hydrogens (tertiary/aromatic N) is 3. The van der Waals surface area contributed by atoms with Gasteiger partial charge >= 0.3 is 0 Å². The van der Waals surface area contributed by atoms with Gasteiger partial charge in [0.1, 0.15) is 0 Å². The van der Waals surface area contributed by atoms with Gasteiger partial charge in [-0.05, 0) is 60.7 Å². The Bertz CT molecular complexity index is 1180. The smallest absolute Gasteiger partial charge is 0.251 e. The fourth-order valence-electron chi connectivity index (χ4n) is 2.56. The minimum absolute atomic E-state index is 0.121. The lowest BCUT2D eigenvalue weighted by Crippen LogP contribution is -2.25. The van der Waals surface area contributed by atoms with Crippen LogP contribution in [0.4, 0.5) is 0 Å². The zero-order valence-corrected chi connectivity index (χ0v) is 18.8. The van der Waals surface area contributed by atoms with Crippen molar-refractivity contribution >= 4 is 44.1 Å². The van der Waals surface area contributed by atoms with E-state index in [9.17, 15) is 13.2 Å². The number of aromatic nitrogens is 3. The van der Waals surface area contributed by atoms with E-state index in [0.717, 1.165) is 14.5 Å². The lowest BCUT2D eigenvalue weighted by atomic mass is 10.2. The lowest BCUT2D eigenvalue weighted by molar-refractivity contribution is 0.0949. The van der Waals surface area contributed by atoms with Crippen LogP contribution in [-0.4, -0.2) is 47.5 Å². The summed E-state index contributed by atoms with van der Waals surface area (Å²) in [4.78, 5) is 12.6. The van der Waals surface area contributed by atoms with Crippen LogP contribution >= 0.6 is 28.1 Å². The van der Waals surface area contributed by atoms with E-state index in [-0.39, 0.29) is 17.3 Å². The molecule has 0 aliphatic heterocycles. The highest BCUT2D eigenvalue weighted by Gasteiger charge is 2.18. The number of amides is 1. The summed E-state index contributed by atoms with van der Waals surface area (Å²) in [5.41, 5.74) is 1.15. The molecule has 3 aromatic rings. The summed E-state index contributed by atoms with van der Waals surface area (Å²) >= 11 is 8.68. The number of carbonyl (C=O) groups excluding carboxylic acids is 1. The maximum Gasteiger partial charge on any atom is 0.251 e. The Labute approximate surface area is 181 Å². The van der Waals surface area contributed by atoms with Crippen LogP contribution in [0.25, 0.3) is 5.69 Å². The van der Waals surface area contributed by atoms with Gasteiger partial charge in [0.25, 0.3) is 5.91 Å². The monoisotopic (exact) mass is 495 g/mol. The Hall–Kier alpha value is -2.34. The Morgan fingerprint density at radius 1 is 1.17 bits per heavy atom. The predicted octanol–water partition coefficient (Wildman–Crippen LogP) is 2.87. The molecule has 8 nitrogen and oxygen atoms in total. The molecule has 152 valence electrons. The highest BCUT2D eigenvalue weighted by molar-refractivity contribution is 9.10. The van der Waals surface area contributed by atoms with Gasteiger partial charge in [0.2, 0.25) is 10.0 Å². The van der Waals surface area contributed by atoms with Crippen molar-refractivity contribution in [1.82, 2.24) is 24.4 Å². The summed E-state index contributed by atoms with van der Waals surface area (Å²) in [5, 5.41) is 9.68. The number of halogens is 1. The number of hydrogen-bond donors (Lipinski definition) is 2. The van der Waals surface area contributed by atoms with E-state index in [1.807, 2.05) is 24.3 Å². The van der Waals surface area contributed by atoms with Crippen molar-refractivity contribution in [2.75, 3.05) is 14.1 Å². The number of aromatic amines is 1. The van der Waals surface area contributed by atoms with Gasteiger partial charge < -0.3 is 5.32 Å². The molecule has 0 saturated heterocycles. The van der Waals surface area contributed by atoms with Gasteiger partial charge in [0.15, 0.2) is 10.6 Å². The Morgan fingerprint density at radius 2 is 1.79 bits per heavy atom. The second-order valence-corrected chi connectivity index (χ2v) is 9.71. The van der Waals surface area contributed by atoms with E-state index in [1.165, 1.54) is 38.4 Å². The summed E-state index contributed by atoms with van der Waals surface area (Å²) in [7, 11) is -0.637. The van der Waals surface area contributed by atoms with Crippen LogP contribution < -0.4 is 5.32 Å². The van der Waals surface area contributed by atoms with Crippen LogP contribution in [0.5, 0.6) is 0 Å². The molecule has 2 aromatic carbocycles. The summed E-state index contributed by atoms with van der Waals surface area (Å²) < 4.78 is 28.4. The van der Waals surface area contributed by atoms with Gasteiger partial charge in [0.05, 0.1) is 11.4 Å². The molecule has 0 saturated carbocycles. The first-order valence-corrected chi connectivity index (χ1v) is 11.1. The minimum Gasteiger partial charge on any atom is -0.345 e. The average molecular weight is 496 g/mol. The number of nitrogens with one attached hydrogen (secondary N) is 2. The molecule has 0 aliphatic rings. The van der Waals surface area contributed by atoms with Crippen LogP contribution in [0.3, 0.4) is 0 Å². The first-order valence-electron chi connectivity index (χ1n) is 8.43. The molecule has 1 aromatic heterocycles. The molecule has 0 spiro atoms. The third-order valence-electron chi connectivity index (χ3n) is 4.13. The van der Waals surface area contributed by atoms with Crippen molar-refractivity contribution in [2.24, 2.45) is 0 Å². The molecule has 0 fully saturated rings. The Morgan fingerprint density at radius 3 is 2.38 bits per heavy atom. The zero-order chi connectivity index (χ0) is 21.2. The van der Waals surface area contributed by atoms with Crippen molar-refractivity contribution in [1.29, 1.82) is 0 Å². The molecule has 1 amide bonds. The highest BCUT2D eigenvalue weighted by atomic mass is 79.9. The van der Waals surface area contributed by atoms with E-state index < -0.39 is 10.0 Å². The van der Waals surface area contributed by atoms with Gasteiger partial charge in [0, 0.05) is 29.8 Å². The second-order valence-electron chi connectivity index (χ2n) is 6.25. The molecule has 0 aliphatic carbocycles. The van der Waals surface area contributed by atoms with Crippen LogP contribution in [0.1, 0.15) is 16.2 Å². The van der Waals surface area contributed by atoms with Gasteiger partial charge in [-0.1, -0.05) is 15.9 Å². The van der Waals surface area contributed by atoms with E-state index in [4.69, 9.17) is 12.2 Å². The molecule has 3 rings (SSSR count). The molecule has 0 atom stereocenters. The van der Waals surface area contributed by atoms with E-state index >= 15 is 0 Å². The first kappa shape index (κ1) is 21.4. The number of sulfonamides is 1. The van der Waals surface area contributed by atoms with Gasteiger partial charge in [-0.2, -0.15) is 5.10 Å². The highest BCUT2D eigenvalue weighted by Crippen LogP contribution is 2.16. The molecule has 0 unspecified atom stereocenters. The Kier molecular flexibility index (Phi) is 6.32. The molecule has 1 heterocycles. The molecule has 2 N–H and O–H groups in total. The van der Waals surface area contributed by atoms with Crippen LogP contribution in [0.2, 0.25) is 0 Å². The molecular weight excluding hydrogens is 478 g/mol. The average Bonchev–Trinajstić information content (AvgIpc) is 3.07. The zero-order valence-electron chi connectivity index (χ0n) is 15.6. The summed E-state index contributed by atoms with van der Waals surface area (Å²) in [6.45, 7) is 0.139. The number of hydrogen-bond acceptors (Lipinski definition) is 5. The summed E-state index contributed by atoms with van der Waals surface area (Å²) in [6.07, 6.45) is 0. The molecule has 29 heavy (non-hydrogen) atoms. The molecule has 11 heteroatoms. The van der Waals surface area contributed by atoms with Crippen molar-refractivity contribution in [3.8, 4) is 5.69 Å². The number of benzene rings is 2. The summed E-state index contributed by atoms with van der Waals surface area (Å²) in [6, 6.07) is 13.3. The number of rotatable bonds is 6. The predicted molar refractivity (Wildman–Crippen MR) is 115 cm³/mol. The van der Waals surface area contributed by atoms with Crippen molar-refractivity contribution in [2.45, 2.75) is 11.4 Å². The van der Waals surface area contributed by atoms with Gasteiger partial charge in [-0.15, -0.1) is 0 Å². The largest absolute Gasteiger partial charge is 0.345 e. The maximum atomic E-state index is 12.5. The standard InChI is InChI=1S/C18H18BrN5O3S2/c1-23(2)29(26,27)15-9-3-12(4-10-15)17(25)20-11-16-21-22-18(28)24(16)14-7-5-13(19)6-8-14/h3-10H,11H2,1-2H3,(H,20,25)(H,22,28). The van der Waals surface area contributed by atoms with Crippen LogP contribution in [0.15, 0.2) is 57.9 Å². The molecule has 0 bridgehead atoms. The number of H-pyrrole nitrogens is 1. The SMILES string of the molecule is CN(C)S(=O)(=O)c1ccc(C(=O)NCc2n[nH]c(=S)n2-c2ccc(Br)cc2)cc1. The van der Waals surface area contributed by atoms with Crippen LogP contribution in [0, 0.1) is 4.77 Å². The minimum atomic E-state index is -3.54. The van der Waals surface area contributed by atoms with Crippen molar-refractivity contribution < 1.29 is 13.2 Å². The maximum absolute atomic E-state index is 12.5. The Balaban J connectivity index is 1.75. The lowest BCUT2D eigenvalue weighted by Gasteiger charge is -2.12. The first-order chi connectivity index (χ1) is 13.7. The third-order valence-corrected chi connectivity index (χ3v) is 6.76. The van der Waals surface area contributed by atoms with Crippen LogP contribution in [-0.2, 0) is 16.6 Å². The van der Waals surface area contributed by atoms with Crippen molar-refractivity contribution in [3.05, 3.63) is 69.2 Å². The number of carbonyl (C=O) groups is 1. The molecule has 0 radical (unpaired) electrons. The van der Waals surface area contributed by atoms with E-state index in [1.54, 1.807) is 4.57 Å². The second kappa shape index (κ2) is 8.57. The van der Waals surface area contributed by atoms with Gasteiger partial charge in [-0.3, -0.25) is 14.5 Å². The quantitative estimate of drug-likeness (QED) is 0.512. The fraction of sp³-hybridized carbons (Fsp3) is 0.167. The van der Waals surface area contributed by atoms with Crippen molar-refractivity contribution in [3.63, 3.8) is 0 Å². The molecular formula is C18H18BrN5O3S2.